The van der Waals surface area contributed by atoms with E-state index in [1.165, 1.54) is 0 Å². The first-order chi connectivity index (χ1) is 6.95. The molecule has 0 aliphatic carbocycles. The molecule has 0 heterocycles. The van der Waals surface area contributed by atoms with Gasteiger partial charge >= 0.3 is 11.9 Å². The Morgan fingerprint density at radius 3 is 1.27 bits per heavy atom. The molecule has 6 nitrogen and oxygen atoms in total. The summed E-state index contributed by atoms with van der Waals surface area (Å²) in [6, 6.07) is 0. The summed E-state index contributed by atoms with van der Waals surface area (Å²) in [7, 11) is 0. The van der Waals surface area contributed by atoms with Gasteiger partial charge in [0, 0.05) is 12.8 Å². The number of carboxylic acids is 2. The number of nitrogens with two attached hydrogens (primary N) is 2. The van der Waals surface area contributed by atoms with Crippen molar-refractivity contribution < 1.29 is 19.8 Å². The van der Waals surface area contributed by atoms with Crippen LogP contribution in [0, 0.1) is 0 Å². The molecule has 0 aromatic rings. The molecule has 0 atom stereocenters. The molecular weight excluding hydrogens is 200 g/mol. The Morgan fingerprint density at radius 1 is 0.933 bits per heavy atom. The largest absolute Gasteiger partial charge is 0.481 e. The van der Waals surface area contributed by atoms with Crippen LogP contribution in [0.3, 0.4) is 0 Å². The molecular formula is C9H22N2O4. The van der Waals surface area contributed by atoms with Crippen LogP contribution < -0.4 is 11.5 Å². The zero-order valence-electron chi connectivity index (χ0n) is 9.40. The van der Waals surface area contributed by atoms with Gasteiger partial charge in [-0.15, -0.1) is 0 Å². The highest BCUT2D eigenvalue weighted by atomic mass is 16.4. The van der Waals surface area contributed by atoms with Gasteiger partial charge < -0.3 is 21.7 Å². The number of hydrogen-bond donors (Lipinski definition) is 4. The van der Waals surface area contributed by atoms with Gasteiger partial charge in [-0.05, 0) is 19.5 Å². The van der Waals surface area contributed by atoms with E-state index in [1.54, 1.807) is 0 Å². The van der Waals surface area contributed by atoms with E-state index in [9.17, 15) is 9.59 Å². The summed E-state index contributed by atoms with van der Waals surface area (Å²) in [6.45, 7) is 5.31. The SMILES string of the molecule is CCN.CCN.O=C(O)CCCC(=O)O. The third-order valence-electron chi connectivity index (χ3n) is 0.781. The maximum absolute atomic E-state index is 9.79. The van der Waals surface area contributed by atoms with Crippen LogP contribution in [0.15, 0.2) is 0 Å². The Kier molecular flexibility index (Phi) is 24.1. The van der Waals surface area contributed by atoms with E-state index < -0.39 is 11.9 Å². The van der Waals surface area contributed by atoms with Gasteiger partial charge in [0.1, 0.15) is 0 Å². The predicted molar refractivity (Wildman–Crippen MR) is 58.6 cm³/mol. The van der Waals surface area contributed by atoms with E-state index >= 15 is 0 Å². The molecule has 0 rings (SSSR count). The maximum atomic E-state index is 9.79. The number of carboxylic acid groups (broad SMARTS) is 2. The van der Waals surface area contributed by atoms with Crippen molar-refractivity contribution in [1.82, 2.24) is 0 Å². The fraction of sp³-hybridized carbons (Fsp3) is 0.778. The van der Waals surface area contributed by atoms with Crippen LogP contribution in [0.2, 0.25) is 0 Å². The molecule has 0 spiro atoms. The van der Waals surface area contributed by atoms with E-state index in [2.05, 4.69) is 0 Å². The van der Waals surface area contributed by atoms with Gasteiger partial charge in [0.05, 0.1) is 0 Å². The second-order valence-electron chi connectivity index (χ2n) is 2.46. The molecule has 0 unspecified atom stereocenters. The topological polar surface area (TPSA) is 127 Å². The molecule has 0 aliphatic rings. The molecule has 0 aliphatic heterocycles. The molecule has 0 aromatic heterocycles. The minimum atomic E-state index is -0.948. The highest BCUT2D eigenvalue weighted by Gasteiger charge is 1.99. The summed E-state index contributed by atoms with van der Waals surface area (Å²) in [5.74, 6) is -1.90. The fourth-order valence-corrected chi connectivity index (χ4v) is 0.391. The molecule has 15 heavy (non-hydrogen) atoms. The summed E-state index contributed by atoms with van der Waals surface area (Å²) in [5, 5.41) is 16.1. The molecule has 0 bridgehead atoms. The first-order valence-corrected chi connectivity index (χ1v) is 4.79. The van der Waals surface area contributed by atoms with Crippen LogP contribution in [-0.2, 0) is 9.59 Å². The molecule has 0 fully saturated rings. The van der Waals surface area contributed by atoms with Crippen molar-refractivity contribution in [3.05, 3.63) is 0 Å². The zero-order chi connectivity index (χ0) is 12.7. The Bertz CT molecular complexity index is 135. The van der Waals surface area contributed by atoms with Crippen molar-refractivity contribution >= 4 is 11.9 Å². The van der Waals surface area contributed by atoms with Gasteiger partial charge in [0.25, 0.3) is 0 Å². The molecule has 0 saturated heterocycles. The quantitative estimate of drug-likeness (QED) is 0.540. The maximum Gasteiger partial charge on any atom is 0.303 e. The molecule has 0 radical (unpaired) electrons. The third kappa shape index (κ3) is 64.2. The van der Waals surface area contributed by atoms with Gasteiger partial charge in [-0.25, -0.2) is 0 Å². The van der Waals surface area contributed by atoms with E-state index in [0.29, 0.717) is 0 Å². The highest BCUT2D eigenvalue weighted by Crippen LogP contribution is 1.93. The lowest BCUT2D eigenvalue weighted by Gasteiger charge is -1.89. The molecule has 0 saturated carbocycles. The van der Waals surface area contributed by atoms with Crippen molar-refractivity contribution in [1.29, 1.82) is 0 Å². The highest BCUT2D eigenvalue weighted by molar-refractivity contribution is 5.69. The Morgan fingerprint density at radius 2 is 1.13 bits per heavy atom. The normalized spacial score (nSPS) is 7.73. The van der Waals surface area contributed by atoms with E-state index in [1.807, 2.05) is 13.8 Å². The molecule has 0 aromatic carbocycles. The standard InChI is InChI=1S/C5H8O4.2C2H7N/c6-4(7)2-1-3-5(8)9;2*1-2-3/h1-3H2,(H,6,7)(H,8,9);2*2-3H2,1H3. The smallest absolute Gasteiger partial charge is 0.303 e. The molecule has 0 amide bonds. The first kappa shape index (κ1) is 19.4. The average molecular weight is 222 g/mol. The second kappa shape index (κ2) is 18.6. The van der Waals surface area contributed by atoms with Crippen LogP contribution in [0.5, 0.6) is 0 Å². The Hall–Kier alpha value is -1.14. The Labute approximate surface area is 90.3 Å². The number of carbonyl (C=O) groups is 2. The van der Waals surface area contributed by atoms with Gasteiger partial charge in [-0.3, -0.25) is 9.59 Å². The van der Waals surface area contributed by atoms with Crippen molar-refractivity contribution in [2.24, 2.45) is 11.5 Å². The lowest BCUT2D eigenvalue weighted by atomic mass is 10.2. The molecule has 92 valence electrons. The fourth-order valence-electron chi connectivity index (χ4n) is 0.391. The van der Waals surface area contributed by atoms with Gasteiger partial charge in [0.2, 0.25) is 0 Å². The van der Waals surface area contributed by atoms with Crippen molar-refractivity contribution in [3.63, 3.8) is 0 Å². The van der Waals surface area contributed by atoms with Crippen LogP contribution in [0.25, 0.3) is 0 Å². The predicted octanol–water partition coefficient (Wildman–Crippen LogP) is 0.256. The zero-order valence-corrected chi connectivity index (χ0v) is 9.40. The molecule has 6 N–H and O–H groups in total. The van der Waals surface area contributed by atoms with Crippen LogP contribution in [-0.4, -0.2) is 35.2 Å². The monoisotopic (exact) mass is 222 g/mol. The van der Waals surface area contributed by atoms with Gasteiger partial charge in [-0.1, -0.05) is 13.8 Å². The third-order valence-corrected chi connectivity index (χ3v) is 0.781. The molecule has 6 heteroatoms. The van der Waals surface area contributed by atoms with E-state index in [0.717, 1.165) is 13.1 Å². The number of rotatable bonds is 4. The summed E-state index contributed by atoms with van der Waals surface area (Å²) in [4.78, 5) is 19.6. The summed E-state index contributed by atoms with van der Waals surface area (Å²) in [6.07, 6.45) is 0.0866. The van der Waals surface area contributed by atoms with Crippen molar-refractivity contribution in [2.75, 3.05) is 13.1 Å². The van der Waals surface area contributed by atoms with Crippen LogP contribution >= 0.6 is 0 Å². The summed E-state index contributed by atoms with van der Waals surface area (Å²) >= 11 is 0. The van der Waals surface area contributed by atoms with Crippen molar-refractivity contribution in [2.45, 2.75) is 33.1 Å². The Balaban J connectivity index is -0.000000200. The minimum absolute atomic E-state index is 0.0632. The van der Waals surface area contributed by atoms with E-state index in [4.69, 9.17) is 21.7 Å². The average Bonchev–Trinajstić information content (AvgIpc) is 2.05. The van der Waals surface area contributed by atoms with Crippen LogP contribution in [0.1, 0.15) is 33.1 Å². The summed E-state index contributed by atoms with van der Waals surface area (Å²) < 4.78 is 0. The van der Waals surface area contributed by atoms with Crippen LogP contribution in [0.4, 0.5) is 0 Å². The van der Waals surface area contributed by atoms with E-state index in [-0.39, 0.29) is 19.3 Å². The lowest BCUT2D eigenvalue weighted by molar-refractivity contribution is -0.138. The lowest BCUT2D eigenvalue weighted by Crippen LogP contribution is -1.98. The number of aliphatic carboxylic acids is 2. The number of hydrogen-bond acceptors (Lipinski definition) is 4. The first-order valence-electron chi connectivity index (χ1n) is 4.79. The minimum Gasteiger partial charge on any atom is -0.481 e. The van der Waals surface area contributed by atoms with Crippen molar-refractivity contribution in [3.8, 4) is 0 Å². The van der Waals surface area contributed by atoms with Gasteiger partial charge in [-0.2, -0.15) is 0 Å². The summed E-state index contributed by atoms with van der Waals surface area (Å²) in [5.41, 5.74) is 9.69. The second-order valence-corrected chi connectivity index (χ2v) is 2.46. The van der Waals surface area contributed by atoms with Gasteiger partial charge in [0.15, 0.2) is 0 Å².